The maximum atomic E-state index is 12.8. The van der Waals surface area contributed by atoms with Crippen LogP contribution in [0.5, 0.6) is 0 Å². The van der Waals surface area contributed by atoms with Gasteiger partial charge in [-0.25, -0.2) is 15.0 Å². The van der Waals surface area contributed by atoms with Crippen molar-refractivity contribution in [2.24, 2.45) is 13.0 Å². The van der Waals surface area contributed by atoms with Gasteiger partial charge in [-0.1, -0.05) is 25.7 Å². The fraction of sp³-hybridized carbons (Fsp3) is 0.524. The van der Waals surface area contributed by atoms with E-state index in [0.29, 0.717) is 33.4 Å². The lowest BCUT2D eigenvalue weighted by atomic mass is 10.0. The van der Waals surface area contributed by atoms with Crippen molar-refractivity contribution in [3.05, 3.63) is 34.3 Å². The zero-order chi connectivity index (χ0) is 21.8. The lowest BCUT2D eigenvalue weighted by Gasteiger charge is -2.14. The molecule has 3 aromatic rings. The second kappa shape index (κ2) is 9.51. The average molecular weight is 442 g/mol. The number of nitrogens with one attached hydrogen (secondary N) is 2. The van der Waals surface area contributed by atoms with Crippen LogP contribution in [0.25, 0.3) is 11.0 Å². The van der Waals surface area contributed by atoms with Crippen molar-refractivity contribution in [3.8, 4) is 0 Å². The van der Waals surface area contributed by atoms with Gasteiger partial charge in [0, 0.05) is 13.6 Å². The quantitative estimate of drug-likeness (QED) is 0.568. The maximum Gasteiger partial charge on any atom is 0.271 e. The molecule has 0 radical (unpaired) electrons. The van der Waals surface area contributed by atoms with Gasteiger partial charge in [0.15, 0.2) is 5.65 Å². The Hall–Kier alpha value is -2.88. The predicted molar refractivity (Wildman–Crippen MR) is 118 cm³/mol. The molecule has 0 aromatic carbocycles. The Kier molecular flexibility index (Phi) is 6.55. The number of aromatic nitrogens is 5. The van der Waals surface area contributed by atoms with Crippen LogP contribution in [0.15, 0.2) is 18.7 Å². The van der Waals surface area contributed by atoms with Crippen LogP contribution in [0.1, 0.15) is 76.7 Å². The van der Waals surface area contributed by atoms with E-state index in [1.165, 1.54) is 56.2 Å². The van der Waals surface area contributed by atoms with Crippen molar-refractivity contribution in [1.82, 2.24) is 35.4 Å². The number of aryl methyl sites for hydroxylation is 1. The summed E-state index contributed by atoms with van der Waals surface area (Å²) in [5, 5.41) is 11.4. The van der Waals surface area contributed by atoms with Gasteiger partial charge >= 0.3 is 0 Å². The van der Waals surface area contributed by atoms with Crippen molar-refractivity contribution in [1.29, 1.82) is 0 Å². The summed E-state index contributed by atoms with van der Waals surface area (Å²) in [6.07, 6.45) is 12.0. The third-order valence-electron chi connectivity index (χ3n) is 5.74. The van der Waals surface area contributed by atoms with Crippen LogP contribution >= 0.6 is 11.3 Å². The summed E-state index contributed by atoms with van der Waals surface area (Å²) in [7, 11) is 1.76. The van der Waals surface area contributed by atoms with E-state index in [9.17, 15) is 9.59 Å². The number of rotatable bonds is 6. The van der Waals surface area contributed by atoms with Gasteiger partial charge in [0.05, 0.1) is 23.8 Å². The average Bonchev–Trinajstić information content (AvgIpc) is 3.32. The molecule has 1 atom stereocenters. The Morgan fingerprint density at radius 1 is 1.13 bits per heavy atom. The summed E-state index contributed by atoms with van der Waals surface area (Å²) in [4.78, 5) is 38.5. The standard InChI is InChI=1S/C21H27N7O2S/c1-13(27-20(30)17-15-10-26-28(2)18(15)25-12-24-17)21-23-11-16(31-21)19(29)22-9-14-7-5-3-4-6-8-14/h10-14H,3-9H2,1-2H3,(H,22,29)(H,27,30). The van der Waals surface area contributed by atoms with Crippen LogP contribution in [0.2, 0.25) is 0 Å². The van der Waals surface area contributed by atoms with Crippen LogP contribution in [-0.2, 0) is 7.05 Å². The number of fused-ring (bicyclic) bond motifs is 1. The van der Waals surface area contributed by atoms with E-state index in [1.54, 1.807) is 24.1 Å². The Morgan fingerprint density at radius 3 is 2.68 bits per heavy atom. The Bertz CT molecular complexity index is 1070. The molecular weight excluding hydrogens is 414 g/mol. The largest absolute Gasteiger partial charge is 0.351 e. The summed E-state index contributed by atoms with van der Waals surface area (Å²) in [6, 6.07) is -0.359. The second-order valence-corrected chi connectivity index (χ2v) is 9.12. The van der Waals surface area contributed by atoms with Gasteiger partial charge in [-0.3, -0.25) is 14.3 Å². The van der Waals surface area contributed by atoms with Crippen molar-refractivity contribution in [2.75, 3.05) is 6.54 Å². The van der Waals surface area contributed by atoms with Gasteiger partial charge in [0.2, 0.25) is 0 Å². The molecule has 2 N–H and O–H groups in total. The smallest absolute Gasteiger partial charge is 0.271 e. The molecule has 3 aromatic heterocycles. The van der Waals surface area contributed by atoms with Crippen molar-refractivity contribution in [2.45, 2.75) is 51.5 Å². The molecule has 1 fully saturated rings. The molecule has 3 heterocycles. The minimum Gasteiger partial charge on any atom is -0.351 e. The van der Waals surface area contributed by atoms with Crippen LogP contribution < -0.4 is 10.6 Å². The number of carbonyl (C=O) groups is 2. The number of hydrogen-bond acceptors (Lipinski definition) is 7. The third kappa shape index (κ3) is 4.90. The van der Waals surface area contributed by atoms with Crippen molar-refractivity contribution < 1.29 is 9.59 Å². The summed E-state index contributed by atoms with van der Waals surface area (Å²) in [6.45, 7) is 2.55. The molecule has 9 nitrogen and oxygen atoms in total. The summed E-state index contributed by atoms with van der Waals surface area (Å²) >= 11 is 1.30. The van der Waals surface area contributed by atoms with E-state index < -0.39 is 0 Å². The van der Waals surface area contributed by atoms with E-state index in [4.69, 9.17) is 0 Å². The molecule has 10 heteroatoms. The van der Waals surface area contributed by atoms with E-state index in [-0.39, 0.29) is 23.6 Å². The highest BCUT2D eigenvalue weighted by molar-refractivity contribution is 7.13. The topological polar surface area (TPSA) is 115 Å². The Morgan fingerprint density at radius 2 is 1.90 bits per heavy atom. The van der Waals surface area contributed by atoms with Gasteiger partial charge < -0.3 is 10.6 Å². The van der Waals surface area contributed by atoms with Crippen molar-refractivity contribution in [3.63, 3.8) is 0 Å². The van der Waals surface area contributed by atoms with Gasteiger partial charge in [-0.05, 0) is 25.7 Å². The molecule has 1 aliphatic rings. The number of thiazole rings is 1. The molecule has 0 bridgehead atoms. The first-order valence-electron chi connectivity index (χ1n) is 10.7. The molecular formula is C21H27N7O2S. The van der Waals surface area contributed by atoms with Gasteiger partial charge in [-0.2, -0.15) is 5.10 Å². The highest BCUT2D eigenvalue weighted by Crippen LogP contribution is 2.24. The zero-order valence-electron chi connectivity index (χ0n) is 17.8. The molecule has 164 valence electrons. The van der Waals surface area contributed by atoms with E-state index in [2.05, 4.69) is 30.7 Å². The molecule has 0 aliphatic heterocycles. The molecule has 0 spiro atoms. The zero-order valence-corrected chi connectivity index (χ0v) is 18.6. The lowest BCUT2D eigenvalue weighted by Crippen LogP contribution is -2.28. The van der Waals surface area contributed by atoms with Crippen molar-refractivity contribution >= 4 is 34.2 Å². The summed E-state index contributed by atoms with van der Waals surface area (Å²) < 4.78 is 1.60. The fourth-order valence-electron chi connectivity index (χ4n) is 3.95. The number of nitrogens with zero attached hydrogens (tertiary/aromatic N) is 5. The molecule has 1 saturated carbocycles. The number of hydrogen-bond donors (Lipinski definition) is 2. The molecule has 2 amide bonds. The minimum atomic E-state index is -0.359. The predicted octanol–water partition coefficient (Wildman–Crippen LogP) is 3.01. The second-order valence-electron chi connectivity index (χ2n) is 8.05. The first-order chi connectivity index (χ1) is 15.0. The van der Waals surface area contributed by atoms with Crippen LogP contribution in [-0.4, -0.2) is 43.1 Å². The van der Waals surface area contributed by atoms with Crippen LogP contribution in [0, 0.1) is 5.92 Å². The Balaban J connectivity index is 1.36. The van der Waals surface area contributed by atoms with E-state index >= 15 is 0 Å². The van der Waals surface area contributed by atoms with Gasteiger partial charge in [0.1, 0.15) is 21.9 Å². The molecule has 31 heavy (non-hydrogen) atoms. The summed E-state index contributed by atoms with van der Waals surface area (Å²) in [5.41, 5.74) is 0.859. The highest BCUT2D eigenvalue weighted by atomic mass is 32.1. The lowest BCUT2D eigenvalue weighted by molar-refractivity contribution is 0.0932. The molecule has 0 saturated heterocycles. The first kappa shape index (κ1) is 21.4. The number of amides is 2. The van der Waals surface area contributed by atoms with Gasteiger partial charge in [0.25, 0.3) is 11.8 Å². The van der Waals surface area contributed by atoms with Crippen LogP contribution in [0.3, 0.4) is 0 Å². The molecule has 4 rings (SSSR count). The highest BCUT2D eigenvalue weighted by Gasteiger charge is 2.21. The van der Waals surface area contributed by atoms with Crippen LogP contribution in [0.4, 0.5) is 0 Å². The van der Waals surface area contributed by atoms with Gasteiger partial charge in [-0.15, -0.1) is 11.3 Å². The normalized spacial score (nSPS) is 16.1. The van der Waals surface area contributed by atoms with E-state index in [1.807, 2.05) is 6.92 Å². The monoisotopic (exact) mass is 441 g/mol. The SMILES string of the molecule is CC(NC(=O)c1ncnc2c1cnn2C)c1ncc(C(=O)NCC2CCCCCC2)s1. The maximum absolute atomic E-state index is 12.8. The number of carbonyl (C=O) groups excluding carboxylic acids is 2. The van der Waals surface area contributed by atoms with E-state index in [0.717, 1.165) is 0 Å². The summed E-state index contributed by atoms with van der Waals surface area (Å²) in [5.74, 6) is 0.135. The fourth-order valence-corrected chi connectivity index (χ4v) is 4.79. The molecule has 1 aliphatic carbocycles. The first-order valence-corrected chi connectivity index (χ1v) is 11.5. The molecule has 1 unspecified atom stereocenters. The minimum absolute atomic E-state index is 0.0978. The Labute approximate surface area is 184 Å². The third-order valence-corrected chi connectivity index (χ3v) is 6.91.